The Morgan fingerprint density at radius 3 is 2.48 bits per heavy atom. The fourth-order valence-electron chi connectivity index (χ4n) is 4.21. The number of H-pyrrole nitrogens is 1. The van der Waals surface area contributed by atoms with Gasteiger partial charge in [0.05, 0.1) is 12.6 Å². The van der Waals surface area contributed by atoms with Crippen LogP contribution < -0.4 is 20.3 Å². The molecule has 6 rings (SSSR count). The standard InChI is InChI=1S/C18H21ClN6S.C11H13NO2/c1-11(2)15-20-17(14(19)18(22-15)25-7-9-26-10-8-25)21-16-12-5-3-4-6-13(12)23-24-16;1-14-10-6-4-9(5-7-10)12-11(13)8-2-3-8/h3-6,11H,7-10H2,1-2H3,(H2,20,21,22,23,24);4-8H,2-3H2,1H3,(H,12,13). The highest BCUT2D eigenvalue weighted by molar-refractivity contribution is 7.99. The van der Waals surface area contributed by atoms with Crippen LogP contribution in [0.4, 0.5) is 23.1 Å². The molecule has 0 bridgehead atoms. The van der Waals surface area contributed by atoms with Gasteiger partial charge in [-0.25, -0.2) is 9.97 Å². The third-order valence-electron chi connectivity index (χ3n) is 6.69. The molecule has 2 aromatic heterocycles. The number of anilines is 4. The Kier molecular flexibility index (Phi) is 8.96. The smallest absolute Gasteiger partial charge is 0.227 e. The number of nitrogens with zero attached hydrogens (tertiary/aromatic N) is 4. The van der Waals surface area contributed by atoms with Crippen LogP contribution in [0.25, 0.3) is 10.9 Å². The van der Waals surface area contributed by atoms with E-state index in [1.165, 1.54) is 0 Å². The van der Waals surface area contributed by atoms with E-state index in [0.29, 0.717) is 10.8 Å². The highest BCUT2D eigenvalue weighted by atomic mass is 35.5. The second kappa shape index (κ2) is 12.8. The molecule has 0 atom stereocenters. The number of hydrogen-bond donors (Lipinski definition) is 3. The molecule has 1 saturated carbocycles. The number of nitrogens with one attached hydrogen (secondary N) is 3. The number of aromatic amines is 1. The van der Waals surface area contributed by atoms with Gasteiger partial charge in [-0.3, -0.25) is 9.89 Å². The summed E-state index contributed by atoms with van der Waals surface area (Å²) in [6.45, 7) is 6.08. The summed E-state index contributed by atoms with van der Waals surface area (Å²) in [6, 6.07) is 15.3. The van der Waals surface area contributed by atoms with Gasteiger partial charge in [-0.15, -0.1) is 0 Å². The van der Waals surface area contributed by atoms with Crippen molar-refractivity contribution in [1.82, 2.24) is 20.2 Å². The molecular formula is C29H34ClN7O2S. The van der Waals surface area contributed by atoms with Crippen molar-refractivity contribution in [2.24, 2.45) is 5.92 Å². The van der Waals surface area contributed by atoms with Gasteiger partial charge in [0.15, 0.2) is 17.5 Å². The number of thioether (sulfide) groups is 1. The molecule has 1 saturated heterocycles. The van der Waals surface area contributed by atoms with Gasteiger partial charge in [0.1, 0.15) is 16.6 Å². The molecule has 2 aliphatic rings. The third kappa shape index (κ3) is 6.79. The van der Waals surface area contributed by atoms with Gasteiger partial charge >= 0.3 is 0 Å². The molecule has 40 heavy (non-hydrogen) atoms. The lowest BCUT2D eigenvalue weighted by Crippen LogP contribution is -2.33. The van der Waals surface area contributed by atoms with Gasteiger partial charge in [-0.1, -0.05) is 37.6 Å². The number of benzene rings is 2. The fraction of sp³-hybridized carbons (Fsp3) is 0.379. The van der Waals surface area contributed by atoms with E-state index in [0.717, 1.165) is 77.2 Å². The zero-order chi connectivity index (χ0) is 28.1. The Balaban J connectivity index is 0.000000194. The predicted octanol–water partition coefficient (Wildman–Crippen LogP) is 6.47. The normalized spacial score (nSPS) is 15.0. The minimum atomic E-state index is 0.134. The maximum Gasteiger partial charge on any atom is 0.227 e. The maximum absolute atomic E-state index is 11.4. The largest absolute Gasteiger partial charge is 0.497 e. The van der Waals surface area contributed by atoms with Crippen molar-refractivity contribution >= 4 is 63.3 Å². The first-order chi connectivity index (χ1) is 19.4. The summed E-state index contributed by atoms with van der Waals surface area (Å²) in [7, 11) is 1.62. The van der Waals surface area contributed by atoms with Crippen LogP contribution in [0.3, 0.4) is 0 Å². The Morgan fingerprint density at radius 1 is 1.07 bits per heavy atom. The number of ether oxygens (including phenoxy) is 1. The van der Waals surface area contributed by atoms with E-state index in [1.54, 1.807) is 7.11 Å². The van der Waals surface area contributed by atoms with Crippen molar-refractivity contribution in [1.29, 1.82) is 0 Å². The first kappa shape index (κ1) is 28.0. The molecule has 0 spiro atoms. The first-order valence-corrected chi connectivity index (χ1v) is 15.0. The van der Waals surface area contributed by atoms with E-state index in [9.17, 15) is 4.79 Å². The van der Waals surface area contributed by atoms with Crippen molar-refractivity contribution in [2.75, 3.05) is 47.2 Å². The number of hydrogen-bond acceptors (Lipinski definition) is 8. The third-order valence-corrected chi connectivity index (χ3v) is 7.98. The van der Waals surface area contributed by atoms with Crippen LogP contribution >= 0.6 is 23.4 Å². The topological polar surface area (TPSA) is 108 Å². The van der Waals surface area contributed by atoms with Crippen molar-refractivity contribution in [3.8, 4) is 5.75 Å². The fourth-order valence-corrected chi connectivity index (χ4v) is 5.37. The van der Waals surface area contributed by atoms with Crippen molar-refractivity contribution in [3.05, 3.63) is 59.4 Å². The molecule has 0 radical (unpaired) electrons. The van der Waals surface area contributed by atoms with Gasteiger partial charge in [-0.05, 0) is 49.2 Å². The van der Waals surface area contributed by atoms with Crippen molar-refractivity contribution < 1.29 is 9.53 Å². The molecule has 4 aromatic rings. The predicted molar refractivity (Wildman–Crippen MR) is 164 cm³/mol. The number of para-hydroxylation sites is 1. The number of fused-ring (bicyclic) bond motifs is 1. The Bertz CT molecular complexity index is 1450. The minimum Gasteiger partial charge on any atom is -0.497 e. The summed E-state index contributed by atoms with van der Waals surface area (Å²) in [5, 5.41) is 15.1. The lowest BCUT2D eigenvalue weighted by atomic mass is 10.2. The van der Waals surface area contributed by atoms with Gasteiger partial charge in [-0.2, -0.15) is 16.9 Å². The van der Waals surface area contributed by atoms with Crippen molar-refractivity contribution in [2.45, 2.75) is 32.6 Å². The number of aromatic nitrogens is 4. The molecule has 11 heteroatoms. The summed E-state index contributed by atoms with van der Waals surface area (Å²) >= 11 is 8.67. The maximum atomic E-state index is 11.4. The first-order valence-electron chi connectivity index (χ1n) is 13.5. The van der Waals surface area contributed by atoms with E-state index in [1.807, 2.05) is 60.3 Å². The van der Waals surface area contributed by atoms with Crippen LogP contribution in [-0.2, 0) is 4.79 Å². The molecule has 9 nitrogen and oxygen atoms in total. The van der Waals surface area contributed by atoms with E-state index in [2.05, 4.69) is 44.6 Å². The molecule has 1 aliphatic heterocycles. The number of carbonyl (C=O) groups excluding carboxylic acids is 1. The molecule has 1 amide bonds. The molecule has 0 unspecified atom stereocenters. The summed E-state index contributed by atoms with van der Waals surface area (Å²) in [4.78, 5) is 23.1. The number of carbonyl (C=O) groups is 1. The lowest BCUT2D eigenvalue weighted by molar-refractivity contribution is -0.117. The number of amides is 1. The lowest BCUT2D eigenvalue weighted by Gasteiger charge is -2.29. The van der Waals surface area contributed by atoms with E-state index >= 15 is 0 Å². The van der Waals surface area contributed by atoms with Gasteiger partial charge in [0.2, 0.25) is 5.91 Å². The number of halogens is 1. The summed E-state index contributed by atoms with van der Waals surface area (Å²) < 4.78 is 5.02. The molecule has 2 fully saturated rings. The van der Waals surface area contributed by atoms with E-state index in [-0.39, 0.29) is 17.7 Å². The average Bonchev–Trinajstić information content (AvgIpc) is 3.76. The van der Waals surface area contributed by atoms with Crippen LogP contribution in [0, 0.1) is 5.92 Å². The molecular weight excluding hydrogens is 546 g/mol. The summed E-state index contributed by atoms with van der Waals surface area (Å²) in [5.41, 5.74) is 1.81. The average molecular weight is 580 g/mol. The minimum absolute atomic E-state index is 0.134. The van der Waals surface area contributed by atoms with Crippen LogP contribution in [0.15, 0.2) is 48.5 Å². The van der Waals surface area contributed by atoms with Gasteiger partial charge in [0.25, 0.3) is 0 Å². The van der Waals surface area contributed by atoms with Gasteiger partial charge < -0.3 is 20.3 Å². The molecule has 3 N–H and O–H groups in total. The quantitative estimate of drug-likeness (QED) is 0.229. The molecule has 210 valence electrons. The van der Waals surface area contributed by atoms with Crippen LogP contribution in [0.2, 0.25) is 5.02 Å². The monoisotopic (exact) mass is 579 g/mol. The van der Waals surface area contributed by atoms with Crippen LogP contribution in [-0.4, -0.2) is 57.8 Å². The number of methoxy groups -OCH3 is 1. The van der Waals surface area contributed by atoms with Crippen molar-refractivity contribution in [3.63, 3.8) is 0 Å². The zero-order valence-electron chi connectivity index (χ0n) is 22.9. The van der Waals surface area contributed by atoms with E-state index in [4.69, 9.17) is 21.3 Å². The highest BCUT2D eigenvalue weighted by Gasteiger charge is 2.29. The van der Waals surface area contributed by atoms with Gasteiger partial charge in [0, 0.05) is 47.5 Å². The van der Waals surface area contributed by atoms with Crippen LogP contribution in [0.5, 0.6) is 5.75 Å². The SMILES string of the molecule is CC(C)c1nc(Nc2n[nH]c3ccccc23)c(Cl)c(N2CCSCC2)n1.COc1ccc(NC(=O)C2CC2)cc1. The molecule has 1 aliphatic carbocycles. The Morgan fingerprint density at radius 2 is 1.80 bits per heavy atom. The number of rotatable bonds is 7. The highest BCUT2D eigenvalue weighted by Crippen LogP contribution is 2.35. The van der Waals surface area contributed by atoms with E-state index < -0.39 is 0 Å². The Labute approximate surface area is 243 Å². The second-order valence-corrected chi connectivity index (χ2v) is 11.7. The summed E-state index contributed by atoms with van der Waals surface area (Å²) in [5.74, 6) is 6.49. The van der Waals surface area contributed by atoms with Crippen LogP contribution in [0.1, 0.15) is 38.4 Å². The second-order valence-electron chi connectivity index (χ2n) is 10.1. The zero-order valence-corrected chi connectivity index (χ0v) is 24.5. The molecule has 2 aromatic carbocycles. The summed E-state index contributed by atoms with van der Waals surface area (Å²) in [6.07, 6.45) is 2.06. The molecule has 3 heterocycles. The Hall–Kier alpha value is -3.50.